The van der Waals surface area contributed by atoms with Crippen LogP contribution >= 0.6 is 0 Å². The monoisotopic (exact) mass is 345 g/mol. The molecule has 0 unspecified atom stereocenters. The Kier molecular flexibility index (Phi) is 4.55. The third kappa shape index (κ3) is 3.55. The first-order chi connectivity index (χ1) is 11.3. The highest BCUT2D eigenvalue weighted by molar-refractivity contribution is 5.76. The van der Waals surface area contributed by atoms with Crippen LogP contribution in [0, 0.1) is 5.82 Å². The molecule has 0 aliphatic carbocycles. The van der Waals surface area contributed by atoms with Gasteiger partial charge in [-0.15, -0.1) is 0 Å². The summed E-state index contributed by atoms with van der Waals surface area (Å²) in [6.07, 6.45) is -1.07. The van der Waals surface area contributed by atoms with Gasteiger partial charge < -0.3 is 9.64 Å². The molecule has 2 saturated heterocycles. The smallest absolute Gasteiger partial charge is 0.375 e. The molecule has 0 aromatic heterocycles. The summed E-state index contributed by atoms with van der Waals surface area (Å²) in [7, 11) is 0. The first-order valence-electron chi connectivity index (χ1n) is 8.06. The maximum Gasteiger partial charge on any atom is 0.419 e. The van der Waals surface area contributed by atoms with Gasteiger partial charge in [0, 0.05) is 26.1 Å². The number of amides is 1. The van der Waals surface area contributed by atoms with Gasteiger partial charge in [0.2, 0.25) is 5.91 Å². The summed E-state index contributed by atoms with van der Waals surface area (Å²) in [4.78, 5) is 13.8. The molecule has 0 N–H and O–H groups in total. The van der Waals surface area contributed by atoms with E-state index in [4.69, 9.17) is 4.74 Å². The molecule has 2 heterocycles. The van der Waals surface area contributed by atoms with E-state index in [1.54, 1.807) is 4.90 Å². The molecule has 132 valence electrons. The Morgan fingerprint density at radius 1 is 1.21 bits per heavy atom. The maximum atomic E-state index is 13.7. The predicted octanol–water partition coefficient (Wildman–Crippen LogP) is 3.91. The molecule has 1 amide bonds. The van der Waals surface area contributed by atoms with E-state index in [-0.39, 0.29) is 18.1 Å². The number of alkyl halides is 3. The normalized spacial score (nSPS) is 25.3. The fourth-order valence-electron chi connectivity index (χ4n) is 3.51. The van der Waals surface area contributed by atoms with E-state index in [1.807, 2.05) is 0 Å². The molecule has 0 saturated carbocycles. The van der Waals surface area contributed by atoms with Crippen LogP contribution in [0.4, 0.5) is 17.6 Å². The molecule has 2 fully saturated rings. The largest absolute Gasteiger partial charge is 0.419 e. The van der Waals surface area contributed by atoms with Gasteiger partial charge in [-0.05, 0) is 43.4 Å². The number of halogens is 4. The summed E-state index contributed by atoms with van der Waals surface area (Å²) in [5.41, 5.74) is -1.17. The average molecular weight is 345 g/mol. The minimum absolute atomic E-state index is 0.0670. The highest BCUT2D eigenvalue weighted by atomic mass is 19.4. The second-order valence-electron chi connectivity index (χ2n) is 6.51. The van der Waals surface area contributed by atoms with Crippen molar-refractivity contribution in [2.45, 2.75) is 50.4 Å². The fourth-order valence-corrected chi connectivity index (χ4v) is 3.51. The third-order valence-electron chi connectivity index (χ3n) is 4.88. The SMILES string of the molecule is O=C1CC[C@@]2(CCCO2)CCN1Cc1ccc(C(F)(F)F)c(F)c1. The zero-order chi connectivity index (χ0) is 17.4. The molecular weight excluding hydrogens is 326 g/mol. The molecule has 0 bridgehead atoms. The lowest BCUT2D eigenvalue weighted by Crippen LogP contribution is -2.32. The van der Waals surface area contributed by atoms with E-state index in [2.05, 4.69) is 0 Å². The van der Waals surface area contributed by atoms with Crippen LogP contribution in [0.5, 0.6) is 0 Å². The number of benzene rings is 1. The lowest BCUT2D eigenvalue weighted by atomic mass is 9.92. The highest BCUT2D eigenvalue weighted by Crippen LogP contribution is 2.36. The third-order valence-corrected chi connectivity index (χ3v) is 4.88. The Hall–Kier alpha value is -1.63. The predicted molar refractivity (Wildman–Crippen MR) is 78.6 cm³/mol. The second-order valence-corrected chi connectivity index (χ2v) is 6.51. The van der Waals surface area contributed by atoms with E-state index < -0.39 is 17.6 Å². The molecule has 2 aliphatic heterocycles. The van der Waals surface area contributed by atoms with Crippen molar-refractivity contribution < 1.29 is 27.1 Å². The van der Waals surface area contributed by atoms with Crippen LogP contribution in [0.25, 0.3) is 0 Å². The van der Waals surface area contributed by atoms with Gasteiger partial charge in [0.15, 0.2) is 0 Å². The molecule has 3 rings (SSSR count). The van der Waals surface area contributed by atoms with Crippen LogP contribution in [-0.2, 0) is 22.3 Å². The molecule has 0 radical (unpaired) electrons. The number of hydrogen-bond donors (Lipinski definition) is 0. The van der Waals surface area contributed by atoms with Gasteiger partial charge in [0.05, 0.1) is 11.2 Å². The standard InChI is InChI=1S/C17H19F4NO2/c18-14-10-12(2-3-13(14)17(19,20)21)11-22-8-7-16(5-1-9-24-16)6-4-15(22)23/h2-3,10H,1,4-9,11H2/t16-/m0/s1. The Morgan fingerprint density at radius 3 is 2.62 bits per heavy atom. The van der Waals surface area contributed by atoms with Gasteiger partial charge >= 0.3 is 6.18 Å². The molecule has 1 aromatic rings. The first-order valence-corrected chi connectivity index (χ1v) is 8.06. The molecule has 3 nitrogen and oxygen atoms in total. The van der Waals surface area contributed by atoms with Crippen LogP contribution in [0.3, 0.4) is 0 Å². The minimum atomic E-state index is -4.72. The van der Waals surface area contributed by atoms with Crippen molar-refractivity contribution >= 4 is 5.91 Å². The van der Waals surface area contributed by atoms with Crippen LogP contribution in [0.1, 0.15) is 43.2 Å². The van der Waals surface area contributed by atoms with Crippen LogP contribution in [0.2, 0.25) is 0 Å². The lowest BCUT2D eigenvalue weighted by Gasteiger charge is -2.26. The first kappa shape index (κ1) is 17.2. The fraction of sp³-hybridized carbons (Fsp3) is 0.588. The summed E-state index contributed by atoms with van der Waals surface area (Å²) < 4.78 is 57.3. The van der Waals surface area contributed by atoms with Crippen LogP contribution in [0.15, 0.2) is 18.2 Å². The van der Waals surface area contributed by atoms with Crippen molar-refractivity contribution in [3.05, 3.63) is 35.1 Å². The van der Waals surface area contributed by atoms with Crippen molar-refractivity contribution in [1.82, 2.24) is 4.90 Å². The Labute approximate surface area is 137 Å². The van der Waals surface area contributed by atoms with Crippen molar-refractivity contribution in [2.24, 2.45) is 0 Å². The second kappa shape index (κ2) is 6.35. The molecule has 2 aliphatic rings. The Bertz CT molecular complexity index is 624. The average Bonchev–Trinajstić information content (AvgIpc) is 2.91. The molecule has 1 aromatic carbocycles. The van der Waals surface area contributed by atoms with E-state index in [0.717, 1.165) is 25.0 Å². The lowest BCUT2D eigenvalue weighted by molar-refractivity contribution is -0.140. The zero-order valence-corrected chi connectivity index (χ0v) is 13.2. The van der Waals surface area contributed by atoms with Crippen molar-refractivity contribution in [1.29, 1.82) is 0 Å². The quantitative estimate of drug-likeness (QED) is 0.761. The molecule has 1 atom stereocenters. The topological polar surface area (TPSA) is 29.5 Å². The maximum absolute atomic E-state index is 13.7. The van der Waals surface area contributed by atoms with E-state index in [1.165, 1.54) is 6.07 Å². The summed E-state index contributed by atoms with van der Waals surface area (Å²) in [5.74, 6) is -1.37. The highest BCUT2D eigenvalue weighted by Gasteiger charge is 2.39. The summed E-state index contributed by atoms with van der Waals surface area (Å²) in [6, 6.07) is 2.82. The molecule has 24 heavy (non-hydrogen) atoms. The molecule has 1 spiro atoms. The van der Waals surface area contributed by atoms with Gasteiger partial charge in [-0.25, -0.2) is 4.39 Å². The van der Waals surface area contributed by atoms with Gasteiger partial charge in [-0.3, -0.25) is 4.79 Å². The Morgan fingerprint density at radius 2 is 2.00 bits per heavy atom. The number of likely N-dealkylation sites (tertiary alicyclic amines) is 1. The van der Waals surface area contributed by atoms with Crippen molar-refractivity contribution in [2.75, 3.05) is 13.2 Å². The number of rotatable bonds is 2. The van der Waals surface area contributed by atoms with Crippen LogP contribution in [-0.4, -0.2) is 29.6 Å². The summed E-state index contributed by atoms with van der Waals surface area (Å²) >= 11 is 0. The van der Waals surface area contributed by atoms with Gasteiger partial charge in [-0.2, -0.15) is 13.2 Å². The van der Waals surface area contributed by atoms with Gasteiger partial charge in [0.1, 0.15) is 5.82 Å². The summed E-state index contributed by atoms with van der Waals surface area (Å²) in [6.45, 7) is 1.30. The van der Waals surface area contributed by atoms with E-state index in [0.29, 0.717) is 38.0 Å². The number of nitrogens with zero attached hydrogens (tertiary/aromatic N) is 1. The van der Waals surface area contributed by atoms with Gasteiger partial charge in [0.25, 0.3) is 0 Å². The summed E-state index contributed by atoms with van der Waals surface area (Å²) in [5, 5.41) is 0. The van der Waals surface area contributed by atoms with Crippen molar-refractivity contribution in [3.63, 3.8) is 0 Å². The van der Waals surface area contributed by atoms with E-state index in [9.17, 15) is 22.4 Å². The number of ether oxygens (including phenoxy) is 1. The van der Waals surface area contributed by atoms with Crippen molar-refractivity contribution in [3.8, 4) is 0 Å². The Balaban J connectivity index is 1.71. The molecule has 7 heteroatoms. The number of hydrogen-bond acceptors (Lipinski definition) is 2. The van der Waals surface area contributed by atoms with E-state index >= 15 is 0 Å². The zero-order valence-electron chi connectivity index (χ0n) is 13.2. The molecular formula is C17H19F4NO2. The van der Waals surface area contributed by atoms with Gasteiger partial charge in [-0.1, -0.05) is 6.07 Å². The number of carbonyl (C=O) groups excluding carboxylic acids is 1. The van der Waals surface area contributed by atoms with Crippen LogP contribution < -0.4 is 0 Å². The minimum Gasteiger partial charge on any atom is -0.375 e. The number of carbonyl (C=O) groups is 1.